The van der Waals surface area contributed by atoms with E-state index in [1.165, 1.54) is 4.68 Å². The second-order valence-corrected chi connectivity index (χ2v) is 9.75. The van der Waals surface area contributed by atoms with Crippen LogP contribution >= 0.6 is 0 Å². The molecule has 4 aromatic rings. The fraction of sp³-hybridized carbons (Fsp3) is 0.385. The minimum Gasteiger partial charge on any atom is -0.359 e. The van der Waals surface area contributed by atoms with Crippen LogP contribution in [0.3, 0.4) is 0 Å². The van der Waals surface area contributed by atoms with E-state index in [1.54, 1.807) is 11.8 Å². The van der Waals surface area contributed by atoms with Crippen LogP contribution in [0.1, 0.15) is 54.7 Å². The minimum atomic E-state index is -4.64. The summed E-state index contributed by atoms with van der Waals surface area (Å²) in [5, 5.41) is 8.84. The van der Waals surface area contributed by atoms with Gasteiger partial charge in [0.25, 0.3) is 0 Å². The van der Waals surface area contributed by atoms with Crippen molar-refractivity contribution in [1.29, 1.82) is 0 Å². The first-order valence-corrected chi connectivity index (χ1v) is 12.1. The molecule has 8 nitrogen and oxygen atoms in total. The van der Waals surface area contributed by atoms with Gasteiger partial charge in [0.05, 0.1) is 11.7 Å². The summed E-state index contributed by atoms with van der Waals surface area (Å²) < 4.78 is 49.7. The van der Waals surface area contributed by atoms with E-state index in [1.807, 2.05) is 54.9 Å². The third-order valence-corrected chi connectivity index (χ3v) is 7.40. The van der Waals surface area contributed by atoms with E-state index < -0.39 is 23.8 Å². The SMILES string of the molecule is CC1=Nc2cc(C(F)(F)F)nn2[C@H](c2cc3ccccc3n2C)C1C(=O)N1CCC[C@H]1c1cc(C)no1. The van der Waals surface area contributed by atoms with Gasteiger partial charge < -0.3 is 14.0 Å². The van der Waals surface area contributed by atoms with E-state index in [-0.39, 0.29) is 17.8 Å². The summed E-state index contributed by atoms with van der Waals surface area (Å²) in [5.41, 5.74) is 1.72. The van der Waals surface area contributed by atoms with Crippen molar-refractivity contribution in [1.82, 2.24) is 24.4 Å². The van der Waals surface area contributed by atoms with E-state index in [4.69, 9.17) is 4.52 Å². The zero-order chi connectivity index (χ0) is 26.1. The molecule has 2 aliphatic heterocycles. The summed E-state index contributed by atoms with van der Waals surface area (Å²) >= 11 is 0. The minimum absolute atomic E-state index is 0.0768. The van der Waals surface area contributed by atoms with Crippen LogP contribution in [0.4, 0.5) is 19.0 Å². The lowest BCUT2D eigenvalue weighted by Crippen LogP contribution is -2.44. The first-order chi connectivity index (χ1) is 17.6. The molecule has 0 saturated carbocycles. The molecule has 1 fully saturated rings. The Kier molecular flexibility index (Phi) is 5.29. The van der Waals surface area contributed by atoms with Crippen molar-refractivity contribution in [3.63, 3.8) is 0 Å². The molecule has 2 aliphatic rings. The zero-order valence-corrected chi connectivity index (χ0v) is 20.5. The largest absolute Gasteiger partial charge is 0.435 e. The Labute approximate surface area is 210 Å². The lowest BCUT2D eigenvalue weighted by atomic mass is 9.89. The van der Waals surface area contributed by atoms with Crippen LogP contribution in [0, 0.1) is 12.8 Å². The summed E-state index contributed by atoms with van der Waals surface area (Å²) in [6.45, 7) is 4.03. The first-order valence-electron chi connectivity index (χ1n) is 12.1. The maximum atomic E-state index is 14.2. The van der Waals surface area contributed by atoms with Gasteiger partial charge in [0.15, 0.2) is 17.3 Å². The number of benzene rings is 1. The summed E-state index contributed by atoms with van der Waals surface area (Å²) in [7, 11) is 1.85. The van der Waals surface area contributed by atoms with Gasteiger partial charge in [0.1, 0.15) is 12.0 Å². The molecule has 11 heteroatoms. The number of aryl methyl sites for hydroxylation is 2. The molecule has 0 aliphatic carbocycles. The number of alkyl halides is 3. The summed E-state index contributed by atoms with van der Waals surface area (Å²) in [6, 6.07) is 11.2. The normalized spacial score (nSPS) is 21.9. The van der Waals surface area contributed by atoms with E-state index in [0.717, 1.165) is 29.1 Å². The molecule has 3 atom stereocenters. The van der Waals surface area contributed by atoms with Crippen molar-refractivity contribution in [3.05, 3.63) is 65.3 Å². The number of para-hydroxylation sites is 1. The lowest BCUT2D eigenvalue weighted by molar-refractivity contribution is -0.141. The number of nitrogens with zero attached hydrogens (tertiary/aromatic N) is 6. The van der Waals surface area contributed by atoms with Crippen LogP contribution in [0.25, 0.3) is 10.9 Å². The number of hydrogen-bond donors (Lipinski definition) is 0. The second-order valence-electron chi connectivity index (χ2n) is 9.75. The van der Waals surface area contributed by atoms with Gasteiger partial charge in [-0.3, -0.25) is 4.79 Å². The smallest absolute Gasteiger partial charge is 0.359 e. The Morgan fingerprint density at radius 2 is 1.92 bits per heavy atom. The average molecular weight is 511 g/mol. The summed E-state index contributed by atoms with van der Waals surface area (Å²) in [5.74, 6) is -0.383. The van der Waals surface area contributed by atoms with E-state index in [0.29, 0.717) is 30.1 Å². The molecule has 0 radical (unpaired) electrons. The number of aliphatic imine (C=N–C) groups is 1. The summed E-state index contributed by atoms with van der Waals surface area (Å²) in [6.07, 6.45) is -3.14. The number of hydrogen-bond acceptors (Lipinski definition) is 5. The molecule has 1 amide bonds. The van der Waals surface area contributed by atoms with Crippen molar-refractivity contribution < 1.29 is 22.5 Å². The van der Waals surface area contributed by atoms with Gasteiger partial charge in [-0.05, 0) is 44.2 Å². The summed E-state index contributed by atoms with van der Waals surface area (Å²) in [4.78, 5) is 20.4. The molecule has 1 aromatic carbocycles. The van der Waals surface area contributed by atoms with Crippen LogP contribution in [0.15, 0.2) is 52.0 Å². The molecule has 0 N–H and O–H groups in total. The quantitative estimate of drug-likeness (QED) is 0.371. The Hall–Kier alpha value is -3.89. The highest BCUT2D eigenvalue weighted by Gasteiger charge is 2.46. The van der Waals surface area contributed by atoms with Crippen LogP contribution in [-0.2, 0) is 18.0 Å². The van der Waals surface area contributed by atoms with Gasteiger partial charge in [-0.25, -0.2) is 9.67 Å². The number of aromatic nitrogens is 4. The number of likely N-dealkylation sites (tertiary alicyclic amines) is 1. The van der Waals surface area contributed by atoms with Crippen LogP contribution in [0.2, 0.25) is 0 Å². The van der Waals surface area contributed by atoms with Gasteiger partial charge in [0, 0.05) is 42.6 Å². The third kappa shape index (κ3) is 3.75. The molecular weight excluding hydrogens is 485 g/mol. The van der Waals surface area contributed by atoms with E-state index in [9.17, 15) is 18.0 Å². The Morgan fingerprint density at radius 3 is 2.62 bits per heavy atom. The molecule has 6 rings (SSSR count). The van der Waals surface area contributed by atoms with E-state index >= 15 is 0 Å². The number of halogens is 3. The zero-order valence-electron chi connectivity index (χ0n) is 20.5. The van der Waals surface area contributed by atoms with Gasteiger partial charge in [-0.15, -0.1) is 0 Å². The second kappa shape index (κ2) is 8.32. The molecule has 0 bridgehead atoms. The van der Waals surface area contributed by atoms with Crippen molar-refractivity contribution in [2.45, 2.75) is 44.9 Å². The molecule has 3 aromatic heterocycles. The highest BCUT2D eigenvalue weighted by atomic mass is 19.4. The molecule has 0 spiro atoms. The van der Waals surface area contributed by atoms with E-state index in [2.05, 4.69) is 15.2 Å². The highest BCUT2D eigenvalue weighted by Crippen LogP contribution is 2.43. The number of fused-ring (bicyclic) bond motifs is 2. The molecule has 1 unspecified atom stereocenters. The monoisotopic (exact) mass is 510 g/mol. The van der Waals surface area contributed by atoms with Gasteiger partial charge in [0.2, 0.25) is 5.91 Å². The van der Waals surface area contributed by atoms with Crippen LogP contribution < -0.4 is 0 Å². The first kappa shape index (κ1) is 23.5. The van der Waals surface area contributed by atoms with Gasteiger partial charge in [-0.1, -0.05) is 23.4 Å². The molecule has 5 heterocycles. The number of carbonyl (C=O) groups excluding carboxylic acids is 1. The lowest BCUT2D eigenvalue weighted by Gasteiger charge is -2.35. The molecule has 1 saturated heterocycles. The Morgan fingerprint density at radius 1 is 1.14 bits per heavy atom. The number of carbonyl (C=O) groups is 1. The maximum Gasteiger partial charge on any atom is 0.435 e. The van der Waals surface area contributed by atoms with Crippen molar-refractivity contribution in [2.24, 2.45) is 18.0 Å². The average Bonchev–Trinajstić information content (AvgIpc) is 3.63. The Balaban J connectivity index is 1.50. The number of amides is 1. The standard InChI is InChI=1S/C26H25F3N6O2/c1-14-11-20(37-32-14)18-9-6-10-34(18)25(36)23-15(2)30-22-13-21(26(27,28)29)31-35(22)24(23)19-12-16-7-4-5-8-17(16)33(19)3/h4-5,7-8,11-13,18,23-24H,6,9-10H2,1-3H3/t18-,23?,24+/m0/s1. The molecule has 192 valence electrons. The predicted molar refractivity (Wildman–Crippen MR) is 129 cm³/mol. The molecular formula is C26H25F3N6O2. The fourth-order valence-corrected chi connectivity index (χ4v) is 5.68. The highest BCUT2D eigenvalue weighted by molar-refractivity contribution is 6.06. The van der Waals surface area contributed by atoms with Crippen LogP contribution in [0.5, 0.6) is 0 Å². The van der Waals surface area contributed by atoms with Crippen molar-refractivity contribution in [3.8, 4) is 0 Å². The third-order valence-electron chi connectivity index (χ3n) is 7.40. The number of rotatable bonds is 3. The van der Waals surface area contributed by atoms with Gasteiger partial charge in [-0.2, -0.15) is 18.3 Å². The van der Waals surface area contributed by atoms with Crippen LogP contribution in [-0.4, -0.2) is 42.6 Å². The van der Waals surface area contributed by atoms with Gasteiger partial charge >= 0.3 is 6.18 Å². The maximum absolute atomic E-state index is 14.2. The predicted octanol–water partition coefficient (Wildman–Crippen LogP) is 5.37. The van der Waals surface area contributed by atoms with Crippen molar-refractivity contribution in [2.75, 3.05) is 6.54 Å². The Bertz CT molecular complexity index is 1550. The molecule has 37 heavy (non-hydrogen) atoms. The van der Waals surface area contributed by atoms with Crippen molar-refractivity contribution >= 4 is 28.3 Å². The fourth-order valence-electron chi connectivity index (χ4n) is 5.68. The topological polar surface area (TPSA) is 81.5 Å².